The summed E-state index contributed by atoms with van der Waals surface area (Å²) >= 11 is 3.25. The van der Waals surface area contributed by atoms with Gasteiger partial charge >= 0.3 is 12.1 Å². The smallest absolute Gasteiger partial charge is 0.422 e. The first-order chi connectivity index (χ1) is 7.56. The lowest BCUT2D eigenvalue weighted by molar-refractivity contribution is 0.160. The molecule has 0 saturated carbocycles. The van der Waals surface area contributed by atoms with E-state index in [0.717, 1.165) is 9.37 Å². The van der Waals surface area contributed by atoms with E-state index in [1.165, 1.54) is 0 Å². The largest absolute Gasteiger partial charge is 0.449 e. The average Bonchev–Trinajstić information content (AvgIpc) is 2.21. The number of nitrogens with zero attached hydrogens (tertiary/aromatic N) is 1. The van der Waals surface area contributed by atoms with Crippen molar-refractivity contribution in [3.05, 3.63) is 28.7 Å². The molecule has 0 aliphatic rings. The summed E-state index contributed by atoms with van der Waals surface area (Å²) in [5.74, 6) is 0. The third-order valence-electron chi connectivity index (χ3n) is 1.76. The molecule has 3 amide bonds. The molecular weight excluding hydrogens is 276 g/mol. The summed E-state index contributed by atoms with van der Waals surface area (Å²) in [6.45, 7) is 1.83. The number of anilines is 1. The van der Waals surface area contributed by atoms with Crippen molar-refractivity contribution in [3.63, 3.8) is 0 Å². The molecule has 0 spiro atoms. The minimum absolute atomic E-state index is 0.180. The first-order valence-corrected chi connectivity index (χ1v) is 5.37. The first kappa shape index (κ1) is 12.5. The van der Waals surface area contributed by atoms with Gasteiger partial charge in [0, 0.05) is 4.47 Å². The lowest BCUT2D eigenvalue weighted by Crippen LogP contribution is -2.41. The Morgan fingerprint density at radius 3 is 2.38 bits per heavy atom. The number of halogens is 1. The fraction of sp³-hybridized carbons (Fsp3) is 0.200. The van der Waals surface area contributed by atoms with Gasteiger partial charge in [-0.1, -0.05) is 15.9 Å². The lowest BCUT2D eigenvalue weighted by atomic mass is 10.3. The van der Waals surface area contributed by atoms with Crippen LogP contribution in [0.4, 0.5) is 15.3 Å². The zero-order chi connectivity index (χ0) is 12.1. The van der Waals surface area contributed by atoms with Gasteiger partial charge in [-0.3, -0.25) is 0 Å². The van der Waals surface area contributed by atoms with Gasteiger partial charge in [0.15, 0.2) is 0 Å². The van der Waals surface area contributed by atoms with Crippen LogP contribution in [0.5, 0.6) is 0 Å². The van der Waals surface area contributed by atoms with Gasteiger partial charge in [0.25, 0.3) is 0 Å². The topological polar surface area (TPSA) is 72.6 Å². The highest BCUT2D eigenvalue weighted by Gasteiger charge is 2.21. The molecule has 0 saturated heterocycles. The molecule has 0 heterocycles. The van der Waals surface area contributed by atoms with E-state index in [1.54, 1.807) is 31.2 Å². The summed E-state index contributed by atoms with van der Waals surface area (Å²) in [7, 11) is 0. The van der Waals surface area contributed by atoms with Crippen molar-refractivity contribution in [1.82, 2.24) is 0 Å². The Morgan fingerprint density at radius 2 is 1.94 bits per heavy atom. The zero-order valence-corrected chi connectivity index (χ0v) is 10.2. The maximum Gasteiger partial charge on any atom is 0.422 e. The maximum absolute atomic E-state index is 11.5. The van der Waals surface area contributed by atoms with Gasteiger partial charge in [-0.05, 0) is 31.2 Å². The van der Waals surface area contributed by atoms with Crippen LogP contribution in [-0.2, 0) is 4.74 Å². The number of hydrogen-bond acceptors (Lipinski definition) is 3. The van der Waals surface area contributed by atoms with Gasteiger partial charge in [0.05, 0.1) is 12.3 Å². The van der Waals surface area contributed by atoms with Gasteiger partial charge in [0.1, 0.15) is 0 Å². The third kappa shape index (κ3) is 2.96. The van der Waals surface area contributed by atoms with Crippen molar-refractivity contribution < 1.29 is 14.3 Å². The SMILES string of the molecule is CCOC(=O)N(C(N)=O)c1ccc(Br)cc1. The quantitative estimate of drug-likeness (QED) is 0.908. The number of primary amides is 1. The standard InChI is InChI=1S/C10H11BrN2O3/c1-2-16-10(15)13(9(12)14)8-5-3-7(11)4-6-8/h3-6H,2H2,1H3,(H2,12,14). The van der Waals surface area contributed by atoms with Gasteiger partial charge in [-0.25, -0.2) is 9.59 Å². The summed E-state index contributed by atoms with van der Waals surface area (Å²) < 4.78 is 5.56. The molecule has 86 valence electrons. The Morgan fingerprint density at radius 1 is 1.38 bits per heavy atom. The van der Waals surface area contributed by atoms with Crippen LogP contribution in [0.3, 0.4) is 0 Å². The maximum atomic E-state index is 11.5. The highest BCUT2D eigenvalue weighted by atomic mass is 79.9. The van der Waals surface area contributed by atoms with E-state index in [0.29, 0.717) is 5.69 Å². The first-order valence-electron chi connectivity index (χ1n) is 4.58. The number of urea groups is 1. The molecule has 1 aromatic carbocycles. The van der Waals surface area contributed by atoms with Crippen LogP contribution < -0.4 is 10.6 Å². The minimum atomic E-state index is -0.874. The van der Waals surface area contributed by atoms with Gasteiger partial charge in [-0.2, -0.15) is 4.90 Å². The second-order valence-electron chi connectivity index (χ2n) is 2.85. The van der Waals surface area contributed by atoms with Gasteiger partial charge < -0.3 is 10.5 Å². The molecule has 5 nitrogen and oxygen atoms in total. The van der Waals surface area contributed by atoms with Crippen LogP contribution in [0.2, 0.25) is 0 Å². The highest BCUT2D eigenvalue weighted by Crippen LogP contribution is 2.19. The summed E-state index contributed by atoms with van der Waals surface area (Å²) in [5, 5.41) is 0. The van der Waals surface area contributed by atoms with Gasteiger partial charge in [-0.15, -0.1) is 0 Å². The summed E-state index contributed by atoms with van der Waals surface area (Å²) in [6.07, 6.45) is -0.780. The van der Waals surface area contributed by atoms with E-state index in [1.807, 2.05) is 0 Å². The molecule has 1 aromatic rings. The Bertz CT molecular complexity index is 392. The molecule has 0 aliphatic heterocycles. The number of carbonyl (C=O) groups is 2. The Hall–Kier alpha value is -1.56. The average molecular weight is 287 g/mol. The van der Waals surface area contributed by atoms with E-state index in [4.69, 9.17) is 10.5 Å². The molecule has 0 aliphatic carbocycles. The molecular formula is C10H11BrN2O3. The van der Waals surface area contributed by atoms with Gasteiger partial charge in [0.2, 0.25) is 0 Å². The van der Waals surface area contributed by atoms with E-state index in [9.17, 15) is 9.59 Å². The molecule has 6 heteroatoms. The monoisotopic (exact) mass is 286 g/mol. The van der Waals surface area contributed by atoms with Crippen molar-refractivity contribution >= 4 is 33.7 Å². The number of imide groups is 1. The molecule has 0 fully saturated rings. The molecule has 16 heavy (non-hydrogen) atoms. The summed E-state index contributed by atoms with van der Waals surface area (Å²) in [4.78, 5) is 23.4. The highest BCUT2D eigenvalue weighted by molar-refractivity contribution is 9.10. The molecule has 0 radical (unpaired) electrons. The van der Waals surface area contributed by atoms with E-state index in [-0.39, 0.29) is 6.61 Å². The van der Waals surface area contributed by atoms with Crippen molar-refractivity contribution in [2.75, 3.05) is 11.5 Å². The molecule has 0 atom stereocenters. The second-order valence-corrected chi connectivity index (χ2v) is 3.76. The number of nitrogens with two attached hydrogens (primary N) is 1. The third-order valence-corrected chi connectivity index (χ3v) is 2.28. The number of carbonyl (C=O) groups excluding carboxylic acids is 2. The van der Waals surface area contributed by atoms with Crippen molar-refractivity contribution in [2.45, 2.75) is 6.92 Å². The molecule has 0 aromatic heterocycles. The van der Waals surface area contributed by atoms with Crippen LogP contribution in [0.1, 0.15) is 6.92 Å². The van der Waals surface area contributed by atoms with Crippen LogP contribution in [-0.4, -0.2) is 18.7 Å². The fourth-order valence-electron chi connectivity index (χ4n) is 1.10. The molecule has 0 bridgehead atoms. The van der Waals surface area contributed by atoms with E-state index in [2.05, 4.69) is 15.9 Å². The Kier molecular flexibility index (Phi) is 4.30. The van der Waals surface area contributed by atoms with Crippen molar-refractivity contribution in [3.8, 4) is 0 Å². The van der Waals surface area contributed by atoms with Crippen LogP contribution in [0.25, 0.3) is 0 Å². The molecule has 1 rings (SSSR count). The molecule has 0 unspecified atom stereocenters. The lowest BCUT2D eigenvalue weighted by Gasteiger charge is -2.17. The predicted octanol–water partition coefficient (Wildman–Crippen LogP) is 2.49. The van der Waals surface area contributed by atoms with E-state index >= 15 is 0 Å². The van der Waals surface area contributed by atoms with E-state index < -0.39 is 12.1 Å². The second kappa shape index (κ2) is 5.50. The van der Waals surface area contributed by atoms with Crippen molar-refractivity contribution in [2.24, 2.45) is 5.73 Å². The minimum Gasteiger partial charge on any atom is -0.449 e. The normalized spacial score (nSPS) is 9.62. The Balaban J connectivity index is 2.98. The number of amides is 3. The number of ether oxygens (including phenoxy) is 1. The number of hydrogen-bond donors (Lipinski definition) is 1. The summed E-state index contributed by atoms with van der Waals surface area (Å²) in [5.41, 5.74) is 5.48. The van der Waals surface area contributed by atoms with Crippen molar-refractivity contribution in [1.29, 1.82) is 0 Å². The Labute approximate surface area is 101 Å². The summed E-state index contributed by atoms with van der Waals surface area (Å²) in [6, 6.07) is 5.70. The van der Waals surface area contributed by atoms with Crippen LogP contribution >= 0.6 is 15.9 Å². The van der Waals surface area contributed by atoms with Crippen LogP contribution in [0.15, 0.2) is 28.7 Å². The zero-order valence-electron chi connectivity index (χ0n) is 8.64. The van der Waals surface area contributed by atoms with Crippen LogP contribution in [0, 0.1) is 0 Å². The predicted molar refractivity (Wildman–Crippen MR) is 63.2 cm³/mol. The number of rotatable bonds is 2. The molecule has 2 N–H and O–H groups in total. The fourth-order valence-corrected chi connectivity index (χ4v) is 1.37. The number of benzene rings is 1.